The van der Waals surface area contributed by atoms with Gasteiger partial charge in [0.1, 0.15) is 0 Å². The summed E-state index contributed by atoms with van der Waals surface area (Å²) in [6.07, 6.45) is 4.93. The van der Waals surface area contributed by atoms with Crippen molar-refractivity contribution < 1.29 is 0 Å². The molecule has 1 saturated heterocycles. The summed E-state index contributed by atoms with van der Waals surface area (Å²) in [4.78, 5) is 2.57. The lowest BCUT2D eigenvalue weighted by atomic mass is 10.0. The smallest absolute Gasteiger partial charge is 0.0516 e. The largest absolute Gasteiger partial charge is 0.347 e. The normalized spacial score (nSPS) is 20.0. The lowest BCUT2D eigenvalue weighted by Crippen LogP contribution is -2.42. The van der Waals surface area contributed by atoms with E-state index in [1.54, 1.807) is 0 Å². The first-order chi connectivity index (χ1) is 9.42. The molecule has 2 aliphatic rings. The van der Waals surface area contributed by atoms with E-state index in [9.17, 15) is 0 Å². The van der Waals surface area contributed by atoms with Crippen molar-refractivity contribution in [3.8, 4) is 0 Å². The molecule has 0 bridgehead atoms. The lowest BCUT2D eigenvalue weighted by Gasteiger charge is -2.26. The van der Waals surface area contributed by atoms with Crippen LogP contribution in [0.3, 0.4) is 0 Å². The van der Waals surface area contributed by atoms with E-state index in [0.717, 1.165) is 19.6 Å². The summed E-state index contributed by atoms with van der Waals surface area (Å²) in [6, 6.07) is 6.83. The van der Waals surface area contributed by atoms with Gasteiger partial charge in [0.25, 0.3) is 0 Å². The molecule has 3 nitrogen and oxygen atoms in total. The van der Waals surface area contributed by atoms with Crippen LogP contribution >= 0.6 is 0 Å². The Kier molecular flexibility index (Phi) is 2.82. The van der Waals surface area contributed by atoms with E-state index in [-0.39, 0.29) is 0 Å². The summed E-state index contributed by atoms with van der Waals surface area (Å²) in [5, 5.41) is 4.91. The predicted octanol–water partition coefficient (Wildman–Crippen LogP) is 1.99. The third-order valence-corrected chi connectivity index (χ3v) is 4.51. The van der Waals surface area contributed by atoms with Gasteiger partial charge in [-0.15, -0.1) is 0 Å². The third kappa shape index (κ3) is 1.97. The van der Waals surface area contributed by atoms with Crippen LogP contribution in [0.2, 0.25) is 0 Å². The van der Waals surface area contributed by atoms with Crippen molar-refractivity contribution >= 4 is 10.9 Å². The van der Waals surface area contributed by atoms with Crippen molar-refractivity contribution in [3.05, 3.63) is 35.5 Å². The zero-order chi connectivity index (χ0) is 12.7. The van der Waals surface area contributed by atoms with Gasteiger partial charge in [-0.25, -0.2) is 0 Å². The van der Waals surface area contributed by atoms with Crippen molar-refractivity contribution in [2.75, 3.05) is 26.2 Å². The Labute approximate surface area is 114 Å². The first-order valence-electron chi connectivity index (χ1n) is 7.44. The first-order valence-corrected chi connectivity index (χ1v) is 7.44. The molecule has 0 amide bonds. The molecule has 1 aromatic heterocycles. The molecule has 3 heterocycles. The fourth-order valence-electron chi connectivity index (χ4n) is 3.57. The van der Waals surface area contributed by atoms with Crippen LogP contribution in [-0.4, -0.2) is 35.6 Å². The number of piperazine rings is 1. The Morgan fingerprint density at radius 1 is 1.11 bits per heavy atom. The number of aromatic nitrogens is 1. The second-order valence-electron chi connectivity index (χ2n) is 5.79. The van der Waals surface area contributed by atoms with Gasteiger partial charge >= 0.3 is 0 Å². The number of para-hydroxylation sites is 1. The molecule has 1 aromatic carbocycles. The Bertz CT molecular complexity index is 593. The molecule has 0 saturated carbocycles. The first kappa shape index (κ1) is 11.5. The summed E-state index contributed by atoms with van der Waals surface area (Å²) < 4.78 is 2.48. The molecule has 0 spiro atoms. The number of rotatable bonds is 2. The zero-order valence-corrected chi connectivity index (χ0v) is 11.4. The van der Waals surface area contributed by atoms with Gasteiger partial charge in [-0.3, -0.25) is 4.90 Å². The van der Waals surface area contributed by atoms with Crippen molar-refractivity contribution in [2.45, 2.75) is 25.9 Å². The molecule has 0 radical (unpaired) electrons. The number of nitrogens with one attached hydrogen (secondary N) is 1. The third-order valence-electron chi connectivity index (χ3n) is 4.51. The van der Waals surface area contributed by atoms with Crippen molar-refractivity contribution in [1.29, 1.82) is 0 Å². The maximum atomic E-state index is 3.43. The van der Waals surface area contributed by atoms with Crippen molar-refractivity contribution in [3.63, 3.8) is 0 Å². The van der Waals surface area contributed by atoms with Crippen LogP contribution in [0.5, 0.6) is 0 Å². The highest BCUT2D eigenvalue weighted by atomic mass is 15.2. The van der Waals surface area contributed by atoms with Gasteiger partial charge in [0.15, 0.2) is 0 Å². The molecule has 100 valence electrons. The molecular formula is C16H21N3. The summed E-state index contributed by atoms with van der Waals surface area (Å²) in [5.41, 5.74) is 4.55. The van der Waals surface area contributed by atoms with Crippen LogP contribution in [0.25, 0.3) is 10.9 Å². The highest BCUT2D eigenvalue weighted by Crippen LogP contribution is 2.30. The van der Waals surface area contributed by atoms with E-state index in [0.29, 0.717) is 0 Å². The monoisotopic (exact) mass is 255 g/mol. The SMILES string of the molecule is c1cc2c3c(c1)c(CN1CCNCC1)cn3CCC2. The van der Waals surface area contributed by atoms with Crippen LogP contribution in [0.4, 0.5) is 0 Å². The van der Waals surface area contributed by atoms with E-state index in [2.05, 4.69) is 39.2 Å². The van der Waals surface area contributed by atoms with E-state index >= 15 is 0 Å². The van der Waals surface area contributed by atoms with Crippen LogP contribution < -0.4 is 5.32 Å². The fraction of sp³-hybridized carbons (Fsp3) is 0.500. The topological polar surface area (TPSA) is 20.2 Å². The van der Waals surface area contributed by atoms with Crippen LogP contribution in [0.1, 0.15) is 17.5 Å². The van der Waals surface area contributed by atoms with Crippen LogP contribution in [-0.2, 0) is 19.5 Å². The van der Waals surface area contributed by atoms with Gasteiger partial charge in [0.2, 0.25) is 0 Å². The molecule has 1 N–H and O–H groups in total. The van der Waals surface area contributed by atoms with Gasteiger partial charge < -0.3 is 9.88 Å². The Hall–Kier alpha value is -1.32. The van der Waals surface area contributed by atoms with Gasteiger partial charge in [0.05, 0.1) is 5.52 Å². The average molecular weight is 255 g/mol. The Morgan fingerprint density at radius 3 is 2.89 bits per heavy atom. The highest BCUT2D eigenvalue weighted by molar-refractivity contribution is 5.87. The minimum atomic E-state index is 1.11. The van der Waals surface area contributed by atoms with Gasteiger partial charge in [0, 0.05) is 50.9 Å². The quantitative estimate of drug-likeness (QED) is 0.885. The molecule has 3 heteroatoms. The van der Waals surface area contributed by atoms with Crippen molar-refractivity contribution in [2.24, 2.45) is 0 Å². The minimum Gasteiger partial charge on any atom is -0.347 e. The van der Waals surface area contributed by atoms with Crippen LogP contribution in [0, 0.1) is 0 Å². The standard InChI is InChI=1S/C16H21N3/c1-3-13-4-2-8-19-12-14(15(5-1)16(13)19)11-18-9-6-17-7-10-18/h1,3,5,12,17H,2,4,6-11H2. The zero-order valence-electron chi connectivity index (χ0n) is 11.4. The molecular weight excluding hydrogens is 234 g/mol. The maximum Gasteiger partial charge on any atom is 0.0516 e. The number of hydrogen-bond donors (Lipinski definition) is 1. The number of benzene rings is 1. The number of aryl methyl sites for hydroxylation is 2. The molecule has 1 fully saturated rings. The van der Waals surface area contributed by atoms with Crippen molar-refractivity contribution in [1.82, 2.24) is 14.8 Å². The highest BCUT2D eigenvalue weighted by Gasteiger charge is 2.18. The number of nitrogens with zero attached hydrogens (tertiary/aromatic N) is 2. The van der Waals surface area contributed by atoms with E-state index in [4.69, 9.17) is 0 Å². The lowest BCUT2D eigenvalue weighted by molar-refractivity contribution is 0.234. The second kappa shape index (κ2) is 4.66. The maximum absolute atomic E-state index is 3.43. The van der Waals surface area contributed by atoms with E-state index in [1.807, 2.05) is 0 Å². The summed E-state index contributed by atoms with van der Waals surface area (Å²) in [7, 11) is 0. The summed E-state index contributed by atoms with van der Waals surface area (Å²) in [5.74, 6) is 0. The summed E-state index contributed by atoms with van der Waals surface area (Å²) >= 11 is 0. The molecule has 0 aliphatic carbocycles. The van der Waals surface area contributed by atoms with Gasteiger partial charge in [-0.1, -0.05) is 18.2 Å². The molecule has 0 unspecified atom stereocenters. The molecule has 2 aromatic rings. The number of hydrogen-bond acceptors (Lipinski definition) is 2. The molecule has 4 rings (SSSR count). The Balaban J connectivity index is 1.72. The van der Waals surface area contributed by atoms with E-state index < -0.39 is 0 Å². The average Bonchev–Trinajstić information content (AvgIpc) is 2.81. The fourth-order valence-corrected chi connectivity index (χ4v) is 3.57. The summed E-state index contributed by atoms with van der Waals surface area (Å²) in [6.45, 7) is 6.90. The van der Waals surface area contributed by atoms with Gasteiger partial charge in [-0.05, 0) is 24.0 Å². The second-order valence-corrected chi connectivity index (χ2v) is 5.79. The molecule has 0 atom stereocenters. The van der Waals surface area contributed by atoms with Crippen LogP contribution in [0.15, 0.2) is 24.4 Å². The minimum absolute atomic E-state index is 1.11. The Morgan fingerprint density at radius 2 is 2.00 bits per heavy atom. The van der Waals surface area contributed by atoms with Gasteiger partial charge in [-0.2, -0.15) is 0 Å². The molecule has 2 aliphatic heterocycles. The molecule has 19 heavy (non-hydrogen) atoms. The van der Waals surface area contributed by atoms with E-state index in [1.165, 1.54) is 54.5 Å². The predicted molar refractivity (Wildman–Crippen MR) is 78.4 cm³/mol.